The molecule has 0 saturated carbocycles. The highest BCUT2D eigenvalue weighted by Crippen LogP contribution is 2.27. The Morgan fingerprint density at radius 1 is 1.44 bits per heavy atom. The van der Waals surface area contributed by atoms with Gasteiger partial charge in [-0.2, -0.15) is 0 Å². The quantitative estimate of drug-likeness (QED) is 0.654. The second-order valence-corrected chi connectivity index (χ2v) is 5.22. The Kier molecular flexibility index (Phi) is 3.82. The van der Waals surface area contributed by atoms with Crippen molar-refractivity contribution in [2.45, 2.75) is 31.8 Å². The zero-order valence-electron chi connectivity index (χ0n) is 10.3. The number of carbonyl (C=O) groups excluding carboxylic acids is 1. The van der Waals surface area contributed by atoms with E-state index in [0.29, 0.717) is 30.6 Å². The van der Waals surface area contributed by atoms with Gasteiger partial charge >= 0.3 is 0 Å². The monoisotopic (exact) mass is 269 g/mol. The summed E-state index contributed by atoms with van der Waals surface area (Å²) in [5.74, 6) is 0.558. The van der Waals surface area contributed by atoms with E-state index >= 15 is 0 Å². The number of aromatic nitrogens is 2. The Balaban J connectivity index is 2.26. The molecule has 6 heteroatoms. The molecule has 1 aliphatic rings. The molecule has 0 bridgehead atoms. The fraction of sp³-hybridized carbons (Fsp3) is 0.583. The zero-order valence-corrected chi connectivity index (χ0v) is 11.0. The van der Waals surface area contributed by atoms with E-state index in [0.717, 1.165) is 19.4 Å². The van der Waals surface area contributed by atoms with Crippen molar-refractivity contribution in [3.8, 4) is 0 Å². The number of anilines is 1. The molecular weight excluding hydrogens is 254 g/mol. The minimum absolute atomic E-state index is 0.172. The molecule has 1 saturated heterocycles. The van der Waals surface area contributed by atoms with Gasteiger partial charge in [0.1, 0.15) is 17.3 Å². The fourth-order valence-electron chi connectivity index (χ4n) is 2.19. The van der Waals surface area contributed by atoms with Crippen LogP contribution in [0.5, 0.6) is 0 Å². The number of nitrogens with zero attached hydrogens (tertiary/aromatic N) is 3. The number of halogens is 1. The summed E-state index contributed by atoms with van der Waals surface area (Å²) >= 11 is 5.89. The molecular formula is C12H16ClN3O2. The molecule has 1 N–H and O–H groups in total. The number of carbonyl (C=O) groups is 1. The Morgan fingerprint density at radius 3 is 2.94 bits per heavy atom. The second-order valence-electron chi connectivity index (χ2n) is 4.86. The summed E-state index contributed by atoms with van der Waals surface area (Å²) in [6, 6.07) is 0. The minimum Gasteiger partial charge on any atom is -0.390 e. The minimum atomic E-state index is -0.646. The van der Waals surface area contributed by atoms with E-state index in [9.17, 15) is 9.90 Å². The van der Waals surface area contributed by atoms with Gasteiger partial charge in [-0.15, -0.1) is 0 Å². The van der Waals surface area contributed by atoms with E-state index in [2.05, 4.69) is 9.97 Å². The van der Waals surface area contributed by atoms with Crippen LogP contribution in [0, 0.1) is 0 Å². The van der Waals surface area contributed by atoms with E-state index in [-0.39, 0.29) is 5.15 Å². The molecule has 2 heterocycles. The highest BCUT2D eigenvalue weighted by Gasteiger charge is 2.26. The van der Waals surface area contributed by atoms with Crippen LogP contribution in [0.1, 0.15) is 36.5 Å². The van der Waals surface area contributed by atoms with Crippen LogP contribution in [0.25, 0.3) is 0 Å². The summed E-state index contributed by atoms with van der Waals surface area (Å²) in [4.78, 5) is 21.0. The topological polar surface area (TPSA) is 66.3 Å². The number of aliphatic hydroxyl groups is 1. The van der Waals surface area contributed by atoms with Crippen LogP contribution < -0.4 is 4.90 Å². The fourth-order valence-corrected chi connectivity index (χ4v) is 2.37. The van der Waals surface area contributed by atoms with Crippen LogP contribution in [0.2, 0.25) is 5.15 Å². The third kappa shape index (κ3) is 2.79. The molecule has 1 aliphatic heterocycles. The first-order valence-corrected chi connectivity index (χ1v) is 6.34. The summed E-state index contributed by atoms with van der Waals surface area (Å²) in [5.41, 5.74) is -0.326. The first kappa shape index (κ1) is 13.2. The van der Waals surface area contributed by atoms with Crippen LogP contribution >= 0.6 is 11.6 Å². The molecule has 5 nitrogen and oxygen atoms in total. The largest absolute Gasteiger partial charge is 0.390 e. The first-order valence-electron chi connectivity index (χ1n) is 5.96. The van der Waals surface area contributed by atoms with Crippen LogP contribution in [0.15, 0.2) is 6.33 Å². The predicted octanol–water partition coefficient (Wildman–Crippen LogP) is 1.68. The Hall–Kier alpha value is -1.20. The number of hydrogen-bond acceptors (Lipinski definition) is 5. The predicted molar refractivity (Wildman–Crippen MR) is 69.1 cm³/mol. The summed E-state index contributed by atoms with van der Waals surface area (Å²) in [6.45, 7) is 3.25. The molecule has 1 atom stereocenters. The van der Waals surface area contributed by atoms with Crippen LogP contribution in [-0.2, 0) is 0 Å². The standard InChI is InChI=1S/C12H16ClN3O2/c1-12(18)3-2-5-16(6-4-12)11-9(7-17)10(13)14-8-15-11/h7-8,18H,2-6H2,1H3. The number of aldehydes is 1. The molecule has 0 radical (unpaired) electrons. The molecule has 18 heavy (non-hydrogen) atoms. The average molecular weight is 270 g/mol. The van der Waals surface area contributed by atoms with Crippen molar-refractivity contribution in [3.05, 3.63) is 17.0 Å². The van der Waals surface area contributed by atoms with Crippen molar-refractivity contribution in [1.82, 2.24) is 9.97 Å². The molecule has 1 fully saturated rings. The summed E-state index contributed by atoms with van der Waals surface area (Å²) in [7, 11) is 0. The normalized spacial score (nSPS) is 24.7. The lowest BCUT2D eigenvalue weighted by atomic mass is 9.98. The average Bonchev–Trinajstić information content (AvgIpc) is 2.50. The maximum Gasteiger partial charge on any atom is 0.156 e. The summed E-state index contributed by atoms with van der Waals surface area (Å²) in [6.07, 6.45) is 4.28. The van der Waals surface area contributed by atoms with E-state index in [1.807, 2.05) is 11.8 Å². The lowest BCUT2D eigenvalue weighted by Crippen LogP contribution is -2.29. The van der Waals surface area contributed by atoms with Gasteiger partial charge in [-0.05, 0) is 26.2 Å². The highest BCUT2D eigenvalue weighted by atomic mass is 35.5. The van der Waals surface area contributed by atoms with E-state index in [1.54, 1.807) is 0 Å². The molecule has 0 aliphatic carbocycles. The Labute approximate surface area is 111 Å². The number of rotatable bonds is 2. The van der Waals surface area contributed by atoms with Crippen molar-refractivity contribution in [2.24, 2.45) is 0 Å². The first-order chi connectivity index (χ1) is 8.53. The van der Waals surface area contributed by atoms with Gasteiger partial charge in [-0.1, -0.05) is 11.6 Å². The molecule has 1 aromatic rings. The van der Waals surface area contributed by atoms with Crippen molar-refractivity contribution < 1.29 is 9.90 Å². The lowest BCUT2D eigenvalue weighted by molar-refractivity contribution is 0.0481. The van der Waals surface area contributed by atoms with Crippen molar-refractivity contribution >= 4 is 23.7 Å². The van der Waals surface area contributed by atoms with Gasteiger partial charge in [0, 0.05) is 13.1 Å². The van der Waals surface area contributed by atoms with Gasteiger partial charge in [0.2, 0.25) is 0 Å². The molecule has 1 unspecified atom stereocenters. The van der Waals surface area contributed by atoms with Gasteiger partial charge in [-0.3, -0.25) is 4.79 Å². The van der Waals surface area contributed by atoms with Gasteiger partial charge in [-0.25, -0.2) is 9.97 Å². The lowest BCUT2D eigenvalue weighted by Gasteiger charge is -2.24. The van der Waals surface area contributed by atoms with E-state index in [4.69, 9.17) is 11.6 Å². The zero-order chi connectivity index (χ0) is 13.2. The molecule has 98 valence electrons. The summed E-state index contributed by atoms with van der Waals surface area (Å²) in [5, 5.41) is 10.2. The Morgan fingerprint density at radius 2 is 2.22 bits per heavy atom. The molecule has 2 rings (SSSR count). The van der Waals surface area contributed by atoms with Crippen molar-refractivity contribution in [2.75, 3.05) is 18.0 Å². The molecule has 0 aromatic carbocycles. The highest BCUT2D eigenvalue weighted by molar-refractivity contribution is 6.32. The molecule has 0 spiro atoms. The van der Waals surface area contributed by atoms with E-state index < -0.39 is 5.60 Å². The van der Waals surface area contributed by atoms with Gasteiger partial charge in [0.15, 0.2) is 6.29 Å². The SMILES string of the molecule is CC1(O)CCCN(c2ncnc(Cl)c2C=O)CC1. The maximum absolute atomic E-state index is 11.1. The molecule has 1 aromatic heterocycles. The van der Waals surface area contributed by atoms with Crippen LogP contribution in [-0.4, -0.2) is 40.1 Å². The summed E-state index contributed by atoms with van der Waals surface area (Å²) < 4.78 is 0. The third-order valence-corrected chi connectivity index (χ3v) is 3.60. The maximum atomic E-state index is 11.1. The van der Waals surface area contributed by atoms with Gasteiger partial charge < -0.3 is 10.0 Å². The van der Waals surface area contributed by atoms with Crippen LogP contribution in [0.4, 0.5) is 5.82 Å². The smallest absolute Gasteiger partial charge is 0.156 e. The van der Waals surface area contributed by atoms with Crippen molar-refractivity contribution in [1.29, 1.82) is 0 Å². The number of hydrogen-bond donors (Lipinski definition) is 1. The third-order valence-electron chi connectivity index (χ3n) is 3.30. The Bertz CT molecular complexity index is 451. The van der Waals surface area contributed by atoms with Crippen molar-refractivity contribution in [3.63, 3.8) is 0 Å². The van der Waals surface area contributed by atoms with E-state index in [1.165, 1.54) is 6.33 Å². The molecule has 0 amide bonds. The van der Waals surface area contributed by atoms with Gasteiger partial charge in [0.25, 0.3) is 0 Å². The van der Waals surface area contributed by atoms with Crippen LogP contribution in [0.3, 0.4) is 0 Å². The van der Waals surface area contributed by atoms with Gasteiger partial charge in [0.05, 0.1) is 11.2 Å². The second kappa shape index (κ2) is 5.20.